The molecule has 14 heteroatoms. The summed E-state index contributed by atoms with van der Waals surface area (Å²) in [6, 6.07) is 1.39. The van der Waals surface area contributed by atoms with Gasteiger partial charge in [-0.3, -0.25) is 19.2 Å². The summed E-state index contributed by atoms with van der Waals surface area (Å²) in [6.45, 7) is 9.15. The molecule has 8 atom stereocenters. The summed E-state index contributed by atoms with van der Waals surface area (Å²) in [5.41, 5.74) is 0.433. The first-order valence-electron chi connectivity index (χ1n) is 14.5. The molecule has 0 heterocycles. The van der Waals surface area contributed by atoms with E-state index >= 15 is 0 Å². The quantitative estimate of drug-likeness (QED) is 0.139. The third-order valence-corrected chi connectivity index (χ3v) is 10.2. The summed E-state index contributed by atoms with van der Waals surface area (Å²) < 4.78 is 37.7. The summed E-state index contributed by atoms with van der Waals surface area (Å²) in [6.07, 6.45) is -8.45. The first kappa shape index (κ1) is 33.8. The molecule has 0 bridgehead atoms. The minimum Gasteiger partial charge on any atom is -0.505 e. The number of fused-ring (bicyclic) bond motifs is 3. The smallest absolute Gasteiger partial charge is 0.457 e. The van der Waals surface area contributed by atoms with Gasteiger partial charge in [-0.25, -0.2) is 5.32 Å². The number of aliphatic hydroxyl groups excluding tert-OH is 2. The Balaban J connectivity index is 1.89. The molecular formula is C30H40F3N3O8. The van der Waals surface area contributed by atoms with Crippen molar-refractivity contribution < 1.29 is 52.8 Å². The highest BCUT2D eigenvalue weighted by Gasteiger charge is 2.76. The van der Waals surface area contributed by atoms with Gasteiger partial charge in [0, 0.05) is 5.41 Å². The number of phenols is 1. The Kier molecular flexibility index (Phi) is 8.28. The second-order valence-electron chi connectivity index (χ2n) is 13.8. The van der Waals surface area contributed by atoms with Gasteiger partial charge in [0.1, 0.15) is 17.8 Å². The molecule has 1 aromatic carbocycles. The van der Waals surface area contributed by atoms with E-state index < -0.39 is 94.3 Å². The van der Waals surface area contributed by atoms with Crippen LogP contribution in [0.1, 0.15) is 75.4 Å². The van der Waals surface area contributed by atoms with Crippen LogP contribution < -0.4 is 16.4 Å². The van der Waals surface area contributed by atoms with Crippen LogP contribution >= 0.6 is 0 Å². The summed E-state index contributed by atoms with van der Waals surface area (Å²) in [5.74, 6) is -10.0. The SMILES string of the molecule is CC(C)c1cc(NC(=O)CNC(F)(F)F)c(O)c2c1C[C@]1(C)C[C@]3(C)[C@@H](C(C)C)C(O)C(C(N)=O)C(=O)[C@]3(O)C(O)C1C2=O. The lowest BCUT2D eigenvalue weighted by molar-refractivity contribution is -0.265. The zero-order valence-electron chi connectivity index (χ0n) is 25.4. The molecular weight excluding hydrogens is 587 g/mol. The van der Waals surface area contributed by atoms with Gasteiger partial charge in [0.25, 0.3) is 0 Å². The number of ketones is 2. The van der Waals surface area contributed by atoms with E-state index in [1.165, 1.54) is 6.07 Å². The first-order valence-corrected chi connectivity index (χ1v) is 14.5. The molecule has 0 spiro atoms. The van der Waals surface area contributed by atoms with Crippen molar-refractivity contribution in [2.24, 2.45) is 40.2 Å². The van der Waals surface area contributed by atoms with Gasteiger partial charge in [0.05, 0.1) is 29.8 Å². The molecule has 44 heavy (non-hydrogen) atoms. The Morgan fingerprint density at radius 3 is 2.23 bits per heavy atom. The number of hydrogen-bond donors (Lipinski definition) is 7. The number of phenolic OH excluding ortho intramolecular Hbond substituents is 1. The fourth-order valence-electron chi connectivity index (χ4n) is 8.61. The number of aromatic hydroxyl groups is 1. The van der Waals surface area contributed by atoms with Crippen LogP contribution in [0.15, 0.2) is 6.07 Å². The number of alkyl halides is 3. The van der Waals surface area contributed by atoms with Crippen molar-refractivity contribution in [1.29, 1.82) is 0 Å². The van der Waals surface area contributed by atoms with Crippen molar-refractivity contribution in [3.63, 3.8) is 0 Å². The largest absolute Gasteiger partial charge is 0.505 e. The molecule has 0 radical (unpaired) electrons. The third-order valence-electron chi connectivity index (χ3n) is 10.2. The Bertz CT molecular complexity index is 1410. The van der Waals surface area contributed by atoms with E-state index in [2.05, 4.69) is 5.32 Å². The highest BCUT2D eigenvalue weighted by atomic mass is 19.4. The second-order valence-corrected chi connectivity index (χ2v) is 13.8. The molecule has 2 fully saturated rings. The van der Waals surface area contributed by atoms with Gasteiger partial charge in [-0.1, -0.05) is 41.5 Å². The lowest BCUT2D eigenvalue weighted by Crippen LogP contribution is -2.79. The molecule has 0 aliphatic heterocycles. The van der Waals surface area contributed by atoms with E-state index in [0.29, 0.717) is 11.1 Å². The van der Waals surface area contributed by atoms with Gasteiger partial charge in [-0.15, -0.1) is 0 Å². The van der Waals surface area contributed by atoms with Crippen LogP contribution in [0.3, 0.4) is 0 Å². The Morgan fingerprint density at radius 2 is 1.73 bits per heavy atom. The van der Waals surface area contributed by atoms with Gasteiger partial charge >= 0.3 is 6.30 Å². The molecule has 1 aromatic rings. The normalized spacial score (nSPS) is 35.3. The molecule has 4 unspecified atom stereocenters. The number of nitrogens with one attached hydrogen (secondary N) is 2. The number of hydrogen-bond acceptors (Lipinski definition) is 9. The third kappa shape index (κ3) is 4.90. The van der Waals surface area contributed by atoms with E-state index in [0.717, 1.165) is 5.32 Å². The van der Waals surface area contributed by atoms with Crippen molar-refractivity contribution in [2.75, 3.05) is 11.9 Å². The lowest BCUT2D eigenvalue weighted by atomic mass is 9.39. The van der Waals surface area contributed by atoms with E-state index in [9.17, 15) is 52.8 Å². The fourth-order valence-corrected chi connectivity index (χ4v) is 8.61. The van der Waals surface area contributed by atoms with E-state index in [4.69, 9.17) is 5.73 Å². The maximum absolute atomic E-state index is 14.3. The fraction of sp³-hybridized carbons (Fsp3) is 0.667. The number of amides is 2. The van der Waals surface area contributed by atoms with Crippen LogP contribution in [0.2, 0.25) is 0 Å². The minimum absolute atomic E-state index is 0.0412. The maximum atomic E-state index is 14.3. The molecule has 4 rings (SSSR count). The number of anilines is 1. The van der Waals surface area contributed by atoms with Crippen molar-refractivity contribution >= 4 is 29.1 Å². The van der Waals surface area contributed by atoms with Crippen LogP contribution in [0.5, 0.6) is 5.75 Å². The molecule has 3 aliphatic carbocycles. The van der Waals surface area contributed by atoms with E-state index in [-0.39, 0.29) is 30.0 Å². The lowest BCUT2D eigenvalue weighted by Gasteiger charge is -2.66. The van der Waals surface area contributed by atoms with Crippen LogP contribution in [0, 0.1) is 34.5 Å². The zero-order chi connectivity index (χ0) is 33.5. The van der Waals surface area contributed by atoms with Crippen LogP contribution in [0.4, 0.5) is 18.9 Å². The maximum Gasteiger partial charge on any atom is 0.457 e. The number of Topliss-reactive ketones (excluding diaryl/α,β-unsaturated/α-hetero) is 2. The highest BCUT2D eigenvalue weighted by Crippen LogP contribution is 2.66. The van der Waals surface area contributed by atoms with Gasteiger partial charge < -0.3 is 31.5 Å². The molecule has 11 nitrogen and oxygen atoms in total. The van der Waals surface area contributed by atoms with Gasteiger partial charge in [-0.05, 0) is 53.2 Å². The Hall–Kier alpha value is -3.07. The van der Waals surface area contributed by atoms with Crippen LogP contribution in [-0.2, 0) is 20.8 Å². The summed E-state index contributed by atoms with van der Waals surface area (Å²) in [7, 11) is 0. The molecule has 2 amide bonds. The Labute approximate surface area is 252 Å². The predicted octanol–water partition coefficient (Wildman–Crippen LogP) is 1.74. The van der Waals surface area contributed by atoms with Gasteiger partial charge in [-0.2, -0.15) is 13.2 Å². The second kappa shape index (κ2) is 10.8. The number of carbonyl (C=O) groups is 4. The van der Waals surface area contributed by atoms with E-state index in [1.54, 1.807) is 41.5 Å². The topological polar surface area (TPSA) is 199 Å². The summed E-state index contributed by atoms with van der Waals surface area (Å²) in [4.78, 5) is 52.8. The number of carbonyl (C=O) groups excluding carboxylic acids is 4. The molecule has 2 saturated carbocycles. The van der Waals surface area contributed by atoms with Crippen molar-refractivity contribution in [2.45, 2.75) is 84.4 Å². The number of halogens is 3. The molecule has 3 aliphatic rings. The first-order chi connectivity index (χ1) is 20.0. The van der Waals surface area contributed by atoms with Gasteiger partial charge in [0.2, 0.25) is 11.8 Å². The standard InChI is InChI=1S/C30H40F3N3O8/c1-11(2)13-7-15(36-16(37)9-35-30(31,32)33)21(38)17-14(13)8-27(5)10-28(6)19(12(3)4)23(40)18(26(34)43)24(41)29(28,44)25(42)20(27)22(17)39/h7,11-12,18-20,23,25,35,38,40,42,44H,8-10H2,1-6H3,(H2,34,43)(H,36,37)/t18?,19-,20?,23?,25?,27+,28+,29-/m0/s1. The molecule has 244 valence electrons. The predicted molar refractivity (Wildman–Crippen MR) is 150 cm³/mol. The molecule has 0 saturated heterocycles. The summed E-state index contributed by atoms with van der Waals surface area (Å²) in [5, 5.41) is 49.8. The zero-order valence-corrected chi connectivity index (χ0v) is 25.4. The van der Waals surface area contributed by atoms with Crippen molar-refractivity contribution in [3.8, 4) is 5.75 Å². The number of rotatable bonds is 6. The highest BCUT2D eigenvalue weighted by molar-refractivity contribution is 6.10. The van der Waals surface area contributed by atoms with Crippen LogP contribution in [0.25, 0.3) is 0 Å². The number of benzene rings is 1. The van der Waals surface area contributed by atoms with Crippen molar-refractivity contribution in [1.82, 2.24) is 5.32 Å². The van der Waals surface area contributed by atoms with Crippen LogP contribution in [-0.4, -0.2) is 74.5 Å². The molecule has 0 aromatic heterocycles. The number of aliphatic hydroxyl groups is 3. The minimum atomic E-state index is -4.83. The van der Waals surface area contributed by atoms with E-state index in [1.807, 2.05) is 0 Å². The average molecular weight is 628 g/mol. The van der Waals surface area contributed by atoms with Gasteiger partial charge in [0.15, 0.2) is 17.2 Å². The average Bonchev–Trinajstić information content (AvgIpc) is 2.85. The number of nitrogens with two attached hydrogens (primary N) is 1. The Morgan fingerprint density at radius 1 is 1.14 bits per heavy atom. The van der Waals surface area contributed by atoms with Crippen molar-refractivity contribution in [3.05, 3.63) is 22.8 Å². The molecule has 8 N–H and O–H groups in total. The number of primary amides is 1. The summed E-state index contributed by atoms with van der Waals surface area (Å²) >= 11 is 0. The monoisotopic (exact) mass is 627 g/mol.